The molecule has 0 aromatic heterocycles. The van der Waals surface area contributed by atoms with Crippen molar-refractivity contribution in [2.45, 2.75) is 27.7 Å². The SMILES string of the molecule is CCN(CC)CCNC(=O)c1ccc2cc(I)ccc2c1.CCN(CC)CCNC(=O)c1ccc2cc(I)ccc2c1.COC(=O)c1ccc2cc(I)ccc2c1.Cl. The molecule has 6 rings (SSSR count). The third-order valence-corrected chi connectivity index (χ3v) is 11.6. The molecule has 0 bridgehead atoms. The molecule has 0 radical (unpaired) electrons. The fourth-order valence-corrected chi connectivity index (χ4v) is 7.66. The van der Waals surface area contributed by atoms with E-state index in [0.717, 1.165) is 71.9 Å². The minimum absolute atomic E-state index is 0. The van der Waals surface area contributed by atoms with E-state index < -0.39 is 0 Å². The van der Waals surface area contributed by atoms with Crippen molar-refractivity contribution in [3.05, 3.63) is 137 Å². The lowest BCUT2D eigenvalue weighted by Crippen LogP contribution is -2.34. The highest BCUT2D eigenvalue weighted by molar-refractivity contribution is 14.1. The second kappa shape index (κ2) is 25.5. The number of carbonyl (C=O) groups is 3. The zero-order valence-corrected chi connectivity index (χ0v) is 40.9. The molecule has 6 aromatic rings. The molecule has 0 fully saturated rings. The van der Waals surface area contributed by atoms with E-state index in [1.807, 2.05) is 60.7 Å². The van der Waals surface area contributed by atoms with Crippen LogP contribution in [-0.2, 0) is 4.74 Å². The van der Waals surface area contributed by atoms with Crippen LogP contribution in [0, 0.1) is 10.7 Å². The van der Waals surface area contributed by atoms with Gasteiger partial charge in [-0.25, -0.2) is 4.79 Å². The van der Waals surface area contributed by atoms with Gasteiger partial charge in [0.2, 0.25) is 0 Å². The molecule has 58 heavy (non-hydrogen) atoms. The second-order valence-corrected chi connectivity index (χ2v) is 16.9. The molecular weight excluding hydrogens is 1090 g/mol. The minimum atomic E-state index is -0.296. The molecule has 0 spiro atoms. The number of nitrogens with one attached hydrogen (secondary N) is 2. The number of fused-ring (bicyclic) bond motifs is 3. The van der Waals surface area contributed by atoms with Crippen LogP contribution >= 0.6 is 80.2 Å². The Kier molecular flexibility index (Phi) is 21.7. The lowest BCUT2D eigenvalue weighted by Gasteiger charge is -2.18. The van der Waals surface area contributed by atoms with Crippen LogP contribution in [-0.4, -0.2) is 87.1 Å². The summed E-state index contributed by atoms with van der Waals surface area (Å²) in [5.74, 6) is -0.291. The minimum Gasteiger partial charge on any atom is -0.465 e. The van der Waals surface area contributed by atoms with Crippen LogP contribution < -0.4 is 10.6 Å². The molecule has 12 heteroatoms. The predicted molar refractivity (Wildman–Crippen MR) is 269 cm³/mol. The Bertz CT molecular complexity index is 2170. The van der Waals surface area contributed by atoms with E-state index in [1.54, 1.807) is 6.07 Å². The van der Waals surface area contributed by atoms with E-state index in [9.17, 15) is 14.4 Å². The van der Waals surface area contributed by atoms with Crippen molar-refractivity contribution < 1.29 is 19.1 Å². The van der Waals surface area contributed by atoms with E-state index in [0.29, 0.717) is 18.7 Å². The summed E-state index contributed by atoms with van der Waals surface area (Å²) in [5.41, 5.74) is 2.04. The van der Waals surface area contributed by atoms with Gasteiger partial charge < -0.3 is 25.2 Å². The maximum Gasteiger partial charge on any atom is 0.337 e. The second-order valence-electron chi connectivity index (χ2n) is 13.2. The Hall–Kier alpha value is -3.09. The average molecular weight is 1140 g/mol. The van der Waals surface area contributed by atoms with Gasteiger partial charge in [-0.1, -0.05) is 64.1 Å². The van der Waals surface area contributed by atoms with Gasteiger partial charge in [-0.15, -0.1) is 12.4 Å². The third kappa shape index (κ3) is 15.2. The maximum absolute atomic E-state index is 12.2. The topological polar surface area (TPSA) is 91.0 Å². The number of esters is 1. The number of hydrogen-bond donors (Lipinski definition) is 2. The number of nitrogens with zero attached hydrogens (tertiary/aromatic N) is 2. The van der Waals surface area contributed by atoms with Crippen LogP contribution in [0.5, 0.6) is 0 Å². The summed E-state index contributed by atoms with van der Waals surface area (Å²) in [5, 5.41) is 12.7. The van der Waals surface area contributed by atoms with Crippen LogP contribution in [0.25, 0.3) is 32.3 Å². The van der Waals surface area contributed by atoms with Crippen LogP contribution in [0.2, 0.25) is 0 Å². The smallest absolute Gasteiger partial charge is 0.337 e. The zero-order valence-electron chi connectivity index (χ0n) is 33.6. The van der Waals surface area contributed by atoms with Crippen LogP contribution in [0.1, 0.15) is 58.8 Å². The quantitative estimate of drug-likeness (QED) is 0.0885. The maximum atomic E-state index is 12.2. The van der Waals surface area contributed by atoms with E-state index >= 15 is 0 Å². The average Bonchev–Trinajstić information content (AvgIpc) is 3.23. The molecule has 2 amide bonds. The summed E-state index contributed by atoms with van der Waals surface area (Å²) in [6, 6.07) is 35.9. The van der Waals surface area contributed by atoms with Gasteiger partial charge >= 0.3 is 5.97 Å². The third-order valence-electron chi connectivity index (χ3n) is 9.57. The fraction of sp³-hybridized carbons (Fsp3) is 0.283. The first-order valence-corrected chi connectivity index (χ1v) is 22.4. The first-order chi connectivity index (χ1) is 27.5. The van der Waals surface area contributed by atoms with Crippen molar-refractivity contribution in [1.29, 1.82) is 0 Å². The van der Waals surface area contributed by atoms with Gasteiger partial charge in [-0.2, -0.15) is 0 Å². The number of ether oxygens (including phenoxy) is 1. The van der Waals surface area contributed by atoms with Crippen molar-refractivity contribution in [2.24, 2.45) is 0 Å². The summed E-state index contributed by atoms with van der Waals surface area (Å²) in [6.45, 7) is 15.8. The van der Waals surface area contributed by atoms with Crippen molar-refractivity contribution in [2.75, 3.05) is 59.5 Å². The number of amides is 2. The van der Waals surface area contributed by atoms with E-state index in [4.69, 9.17) is 0 Å². The molecule has 0 atom stereocenters. The van der Waals surface area contributed by atoms with Gasteiger partial charge in [-0.3, -0.25) is 9.59 Å². The highest BCUT2D eigenvalue weighted by Gasteiger charge is 2.09. The van der Waals surface area contributed by atoms with Gasteiger partial charge in [-0.05, 0) is 199 Å². The Labute approximate surface area is 390 Å². The van der Waals surface area contributed by atoms with E-state index in [-0.39, 0.29) is 30.2 Å². The highest BCUT2D eigenvalue weighted by Crippen LogP contribution is 2.21. The molecule has 0 saturated carbocycles. The lowest BCUT2D eigenvalue weighted by molar-refractivity contribution is 0.0600. The largest absolute Gasteiger partial charge is 0.465 e. The zero-order chi connectivity index (χ0) is 41.3. The molecule has 308 valence electrons. The molecule has 6 aromatic carbocycles. The molecule has 0 saturated heterocycles. The van der Waals surface area contributed by atoms with Crippen molar-refractivity contribution in [3.8, 4) is 0 Å². The molecule has 0 unspecified atom stereocenters. The van der Waals surface area contributed by atoms with Crippen LogP contribution in [0.3, 0.4) is 0 Å². The van der Waals surface area contributed by atoms with Crippen LogP contribution in [0.4, 0.5) is 0 Å². The summed E-state index contributed by atoms with van der Waals surface area (Å²) >= 11 is 6.86. The summed E-state index contributed by atoms with van der Waals surface area (Å²) in [7, 11) is 1.39. The van der Waals surface area contributed by atoms with Gasteiger partial charge in [0.05, 0.1) is 12.7 Å². The number of carbonyl (C=O) groups excluding carboxylic acids is 3. The summed E-state index contributed by atoms with van der Waals surface area (Å²) in [4.78, 5) is 40.3. The molecule has 0 aliphatic carbocycles. The monoisotopic (exact) mass is 1140 g/mol. The Balaban J connectivity index is 0.000000234. The Morgan fingerprint density at radius 3 is 1.10 bits per heavy atom. The molecule has 0 aliphatic heterocycles. The number of halogens is 4. The van der Waals surface area contributed by atoms with Crippen LogP contribution in [0.15, 0.2) is 109 Å². The molecular formula is C46H52ClI3N4O4. The number of hydrogen-bond acceptors (Lipinski definition) is 6. The molecule has 0 heterocycles. The Morgan fingerprint density at radius 2 is 0.776 bits per heavy atom. The summed E-state index contributed by atoms with van der Waals surface area (Å²) in [6.07, 6.45) is 0. The predicted octanol–water partition coefficient (Wildman–Crippen LogP) is 10.7. The highest BCUT2D eigenvalue weighted by atomic mass is 127. The first kappa shape index (κ1) is 49.3. The van der Waals surface area contributed by atoms with Gasteiger partial charge in [0.25, 0.3) is 11.8 Å². The van der Waals surface area contributed by atoms with E-state index in [2.05, 4.69) is 163 Å². The molecule has 8 nitrogen and oxygen atoms in total. The normalized spacial score (nSPS) is 10.7. The van der Waals surface area contributed by atoms with Gasteiger partial charge in [0, 0.05) is 48.0 Å². The Morgan fingerprint density at radius 1 is 0.483 bits per heavy atom. The van der Waals surface area contributed by atoms with Crippen molar-refractivity contribution >= 4 is 130 Å². The van der Waals surface area contributed by atoms with Gasteiger partial charge in [0.15, 0.2) is 0 Å². The lowest BCUT2D eigenvalue weighted by atomic mass is 10.1. The molecule has 0 aliphatic rings. The number of methoxy groups -OCH3 is 1. The first-order valence-electron chi connectivity index (χ1n) is 19.2. The number of rotatable bonds is 13. The van der Waals surface area contributed by atoms with E-state index in [1.165, 1.54) is 28.6 Å². The standard InChI is InChI=1S/2C17H21IN2O.C12H9IO2.ClH/c2*1-3-20(4-2)10-9-19-17(21)15-6-5-14-12-16(18)8-7-13(14)11-15;1-15-12(14)10-3-2-9-7-11(13)5-4-8(9)6-10;/h2*5-8,11-12H,3-4,9-10H2,1-2H3,(H,19,21);2-7H,1H3;1H. The van der Waals surface area contributed by atoms with Crippen molar-refractivity contribution in [3.63, 3.8) is 0 Å². The van der Waals surface area contributed by atoms with Gasteiger partial charge in [0.1, 0.15) is 0 Å². The number of likely N-dealkylation sites (N-methyl/N-ethyl adjacent to an activating group) is 2. The number of benzene rings is 6. The van der Waals surface area contributed by atoms with Crippen molar-refractivity contribution in [1.82, 2.24) is 20.4 Å². The molecule has 2 N–H and O–H groups in total. The fourth-order valence-electron chi connectivity index (χ4n) is 6.12. The summed E-state index contributed by atoms with van der Waals surface area (Å²) < 4.78 is 8.26.